The van der Waals surface area contributed by atoms with Gasteiger partial charge in [0.05, 0.1) is 12.7 Å². The van der Waals surface area contributed by atoms with E-state index >= 15 is 0 Å². The van der Waals surface area contributed by atoms with Crippen molar-refractivity contribution < 1.29 is 13.2 Å². The number of rotatable bonds is 4. The molecule has 21 heavy (non-hydrogen) atoms. The van der Waals surface area contributed by atoms with Crippen LogP contribution in [0.1, 0.15) is 30.9 Å². The molecule has 0 aromatic heterocycles. The minimum absolute atomic E-state index is 0.0535. The largest absolute Gasteiger partial charge is 0.375 e. The molecule has 6 heteroatoms. The number of ether oxygens (including phenoxy) is 1. The number of fused-ring (bicyclic) bond motifs is 1. The highest BCUT2D eigenvalue weighted by Crippen LogP contribution is 2.34. The molecule has 0 saturated carbocycles. The van der Waals surface area contributed by atoms with Crippen LogP contribution in [0.5, 0.6) is 0 Å². The number of nitrogens with one attached hydrogen (secondary N) is 1. The Bertz CT molecular complexity index is 617. The first-order valence-corrected chi connectivity index (χ1v) is 8.87. The summed E-state index contributed by atoms with van der Waals surface area (Å²) in [6, 6.07) is 8.09. The average Bonchev–Trinajstić information content (AvgIpc) is 2.42. The normalized spacial score (nSPS) is 29.7. The molecule has 0 bridgehead atoms. The minimum Gasteiger partial charge on any atom is -0.375 e. The van der Waals surface area contributed by atoms with E-state index < -0.39 is 10.2 Å². The van der Waals surface area contributed by atoms with Crippen molar-refractivity contribution in [3.05, 3.63) is 35.4 Å². The van der Waals surface area contributed by atoms with Crippen LogP contribution >= 0.6 is 0 Å². The van der Waals surface area contributed by atoms with Crippen LogP contribution in [0.3, 0.4) is 0 Å². The van der Waals surface area contributed by atoms with E-state index in [9.17, 15) is 8.42 Å². The predicted octanol–water partition coefficient (Wildman–Crippen LogP) is 1.27. The molecule has 3 atom stereocenters. The lowest BCUT2D eigenvalue weighted by Gasteiger charge is -2.36. The van der Waals surface area contributed by atoms with Crippen molar-refractivity contribution in [2.45, 2.75) is 38.3 Å². The Morgan fingerprint density at radius 3 is 2.86 bits per heavy atom. The zero-order chi connectivity index (χ0) is 15.0. The van der Waals surface area contributed by atoms with Crippen LogP contribution in [-0.2, 0) is 21.4 Å². The number of nitrogens with zero attached hydrogens (tertiary/aromatic N) is 1. The van der Waals surface area contributed by atoms with E-state index in [4.69, 9.17) is 4.74 Å². The van der Waals surface area contributed by atoms with Crippen molar-refractivity contribution in [1.29, 1.82) is 0 Å². The van der Waals surface area contributed by atoms with Gasteiger partial charge >= 0.3 is 0 Å². The average molecular weight is 310 g/mol. The van der Waals surface area contributed by atoms with Crippen LogP contribution in [0.2, 0.25) is 0 Å². The van der Waals surface area contributed by atoms with Gasteiger partial charge in [-0.3, -0.25) is 0 Å². The summed E-state index contributed by atoms with van der Waals surface area (Å²) in [4.78, 5) is 0. The Morgan fingerprint density at radius 2 is 2.10 bits per heavy atom. The molecule has 1 heterocycles. The maximum Gasteiger partial charge on any atom is 0.279 e. The third kappa shape index (κ3) is 2.99. The highest BCUT2D eigenvalue weighted by Gasteiger charge is 2.34. The molecule has 5 nitrogen and oxygen atoms in total. The Balaban J connectivity index is 1.62. The lowest BCUT2D eigenvalue weighted by Crippen LogP contribution is -2.54. The zero-order valence-electron chi connectivity index (χ0n) is 12.5. The first-order valence-electron chi connectivity index (χ1n) is 7.43. The molecule has 2 aliphatic rings. The van der Waals surface area contributed by atoms with Crippen LogP contribution in [0.25, 0.3) is 0 Å². The molecule has 116 valence electrons. The summed E-state index contributed by atoms with van der Waals surface area (Å²) in [6.45, 7) is 5.12. The molecule has 0 radical (unpaired) electrons. The second kappa shape index (κ2) is 5.68. The maximum absolute atomic E-state index is 12.5. The number of benzene rings is 1. The molecule has 0 spiro atoms. The zero-order valence-corrected chi connectivity index (χ0v) is 13.3. The van der Waals surface area contributed by atoms with E-state index in [-0.39, 0.29) is 12.1 Å². The van der Waals surface area contributed by atoms with Gasteiger partial charge in [0.15, 0.2) is 0 Å². The lowest BCUT2D eigenvalue weighted by atomic mass is 9.78. The van der Waals surface area contributed by atoms with Crippen molar-refractivity contribution >= 4 is 10.2 Å². The van der Waals surface area contributed by atoms with Gasteiger partial charge in [-0.15, -0.1) is 0 Å². The van der Waals surface area contributed by atoms with Crippen molar-refractivity contribution in [3.63, 3.8) is 0 Å². The SMILES string of the molecule is C[C@@H]1CN(S(=O)(=O)NC[C@@H]2Cc3ccccc32)[C@H](C)CO1. The Kier molecular flexibility index (Phi) is 4.05. The molecule has 1 fully saturated rings. The van der Waals surface area contributed by atoms with Crippen LogP contribution in [0.4, 0.5) is 0 Å². The summed E-state index contributed by atoms with van der Waals surface area (Å²) in [5.74, 6) is 0.296. The van der Waals surface area contributed by atoms with Crippen molar-refractivity contribution in [3.8, 4) is 0 Å². The molecule has 1 saturated heterocycles. The van der Waals surface area contributed by atoms with Gasteiger partial charge in [-0.1, -0.05) is 24.3 Å². The van der Waals surface area contributed by atoms with Crippen molar-refractivity contribution in [2.75, 3.05) is 19.7 Å². The summed E-state index contributed by atoms with van der Waals surface area (Å²) in [6.07, 6.45) is 0.899. The second-order valence-electron chi connectivity index (χ2n) is 6.02. The summed E-state index contributed by atoms with van der Waals surface area (Å²) < 4.78 is 34.7. The fourth-order valence-electron chi connectivity index (χ4n) is 3.04. The molecule has 1 aliphatic carbocycles. The topological polar surface area (TPSA) is 58.6 Å². The van der Waals surface area contributed by atoms with Gasteiger partial charge in [-0.2, -0.15) is 12.7 Å². The standard InChI is InChI=1S/C15H22N2O3S/c1-11-10-20-12(2)9-17(11)21(18,19)16-8-14-7-13-5-3-4-6-15(13)14/h3-6,11-12,14,16H,7-10H2,1-2H3/t11-,12-,14+/m1/s1. The summed E-state index contributed by atoms with van der Waals surface area (Å²) >= 11 is 0. The van der Waals surface area contributed by atoms with E-state index in [0.717, 1.165) is 6.42 Å². The Morgan fingerprint density at radius 1 is 1.33 bits per heavy atom. The van der Waals surface area contributed by atoms with Crippen LogP contribution in [-0.4, -0.2) is 44.6 Å². The van der Waals surface area contributed by atoms with E-state index in [1.807, 2.05) is 26.0 Å². The molecular formula is C15H22N2O3S. The molecule has 1 aliphatic heterocycles. The molecule has 1 aromatic rings. The lowest BCUT2D eigenvalue weighted by molar-refractivity contribution is -0.0175. The van der Waals surface area contributed by atoms with Gasteiger partial charge in [-0.25, -0.2) is 4.72 Å². The van der Waals surface area contributed by atoms with Gasteiger partial charge in [0, 0.05) is 25.0 Å². The second-order valence-corrected chi connectivity index (χ2v) is 7.72. The Hall–Kier alpha value is -0.950. The first-order chi connectivity index (χ1) is 9.97. The maximum atomic E-state index is 12.5. The van der Waals surface area contributed by atoms with Crippen LogP contribution in [0, 0.1) is 0 Å². The van der Waals surface area contributed by atoms with E-state index in [0.29, 0.717) is 25.6 Å². The number of morpholine rings is 1. The van der Waals surface area contributed by atoms with Crippen LogP contribution in [0.15, 0.2) is 24.3 Å². The molecule has 0 amide bonds. The molecule has 1 aromatic carbocycles. The Labute approximate surface area is 126 Å². The summed E-state index contributed by atoms with van der Waals surface area (Å²) in [7, 11) is -3.44. The minimum atomic E-state index is -3.44. The predicted molar refractivity (Wildman–Crippen MR) is 81.4 cm³/mol. The number of hydrogen-bond donors (Lipinski definition) is 1. The van der Waals surface area contributed by atoms with Gasteiger partial charge in [0.1, 0.15) is 0 Å². The molecule has 1 N–H and O–H groups in total. The summed E-state index contributed by atoms with van der Waals surface area (Å²) in [5, 5.41) is 0. The van der Waals surface area contributed by atoms with Gasteiger partial charge in [0.25, 0.3) is 10.2 Å². The molecular weight excluding hydrogens is 288 g/mol. The third-order valence-corrected chi connectivity index (χ3v) is 5.99. The van der Waals surface area contributed by atoms with Gasteiger partial charge < -0.3 is 4.74 Å². The van der Waals surface area contributed by atoms with Gasteiger partial charge in [-0.05, 0) is 31.4 Å². The fraction of sp³-hybridized carbons (Fsp3) is 0.600. The monoisotopic (exact) mass is 310 g/mol. The molecule has 0 unspecified atom stereocenters. The highest BCUT2D eigenvalue weighted by atomic mass is 32.2. The van der Waals surface area contributed by atoms with E-state index in [2.05, 4.69) is 16.9 Å². The van der Waals surface area contributed by atoms with E-state index in [1.165, 1.54) is 15.4 Å². The molecule has 3 rings (SSSR count). The van der Waals surface area contributed by atoms with Crippen LogP contribution < -0.4 is 4.72 Å². The van der Waals surface area contributed by atoms with Crippen molar-refractivity contribution in [1.82, 2.24) is 9.03 Å². The smallest absolute Gasteiger partial charge is 0.279 e. The number of hydrogen-bond acceptors (Lipinski definition) is 3. The quantitative estimate of drug-likeness (QED) is 0.911. The summed E-state index contributed by atoms with van der Waals surface area (Å²) in [5.41, 5.74) is 2.60. The van der Waals surface area contributed by atoms with Gasteiger partial charge in [0.2, 0.25) is 0 Å². The highest BCUT2D eigenvalue weighted by molar-refractivity contribution is 7.87. The first kappa shape index (κ1) is 15.0. The fourth-order valence-corrected chi connectivity index (χ4v) is 4.56. The van der Waals surface area contributed by atoms with E-state index in [1.54, 1.807) is 0 Å². The third-order valence-electron chi connectivity index (χ3n) is 4.33. The van der Waals surface area contributed by atoms with Crippen molar-refractivity contribution in [2.24, 2.45) is 0 Å².